The molecule has 3 rings (SSSR count). The maximum absolute atomic E-state index is 11.5. The van der Waals surface area contributed by atoms with Crippen molar-refractivity contribution in [1.82, 2.24) is 0 Å². The SMILES string of the molecule is COc1ccccc1N[C@@H](C1CCCCC1)[C@H]1C=CC(=O)O1. The average Bonchev–Trinajstić information content (AvgIpc) is 3.00. The van der Waals surface area contributed by atoms with Crippen LogP contribution in [0.1, 0.15) is 32.1 Å². The summed E-state index contributed by atoms with van der Waals surface area (Å²) in [6.45, 7) is 0. The Morgan fingerprint density at radius 1 is 1.23 bits per heavy atom. The lowest BCUT2D eigenvalue weighted by molar-refractivity contribution is -0.139. The van der Waals surface area contributed by atoms with Crippen LogP contribution in [0, 0.1) is 5.92 Å². The lowest BCUT2D eigenvalue weighted by atomic mass is 9.81. The quantitative estimate of drug-likeness (QED) is 0.845. The van der Waals surface area contributed by atoms with Gasteiger partial charge in [-0.25, -0.2) is 4.79 Å². The van der Waals surface area contributed by atoms with E-state index in [0.717, 1.165) is 11.4 Å². The van der Waals surface area contributed by atoms with Gasteiger partial charge in [-0.05, 0) is 37.0 Å². The molecule has 118 valence electrons. The van der Waals surface area contributed by atoms with Gasteiger partial charge in [0, 0.05) is 6.08 Å². The molecule has 4 nitrogen and oxygen atoms in total. The minimum atomic E-state index is -0.243. The number of hydrogen-bond acceptors (Lipinski definition) is 4. The molecule has 0 spiro atoms. The molecule has 22 heavy (non-hydrogen) atoms. The van der Waals surface area contributed by atoms with E-state index in [1.165, 1.54) is 38.2 Å². The number of anilines is 1. The Bertz CT molecular complexity index is 549. The molecule has 0 radical (unpaired) electrons. The number of rotatable bonds is 5. The van der Waals surface area contributed by atoms with Gasteiger partial charge in [-0.15, -0.1) is 0 Å². The van der Waals surface area contributed by atoms with Gasteiger partial charge in [0.2, 0.25) is 0 Å². The number of benzene rings is 1. The lowest BCUT2D eigenvalue weighted by Crippen LogP contribution is -2.41. The first-order valence-electron chi connectivity index (χ1n) is 8.06. The molecule has 1 N–H and O–H groups in total. The van der Waals surface area contributed by atoms with Gasteiger partial charge >= 0.3 is 5.97 Å². The first-order chi connectivity index (χ1) is 10.8. The summed E-state index contributed by atoms with van der Waals surface area (Å²) in [5, 5.41) is 3.58. The number of para-hydroxylation sites is 2. The van der Waals surface area contributed by atoms with Crippen molar-refractivity contribution in [3.63, 3.8) is 0 Å². The first kappa shape index (κ1) is 14.9. The third-order valence-corrected chi connectivity index (χ3v) is 4.62. The Morgan fingerprint density at radius 3 is 2.68 bits per heavy atom. The van der Waals surface area contributed by atoms with E-state index in [1.54, 1.807) is 7.11 Å². The topological polar surface area (TPSA) is 47.6 Å². The highest BCUT2D eigenvalue weighted by Gasteiger charge is 2.34. The summed E-state index contributed by atoms with van der Waals surface area (Å²) < 4.78 is 10.9. The van der Waals surface area contributed by atoms with E-state index in [2.05, 4.69) is 5.32 Å². The number of esters is 1. The van der Waals surface area contributed by atoms with Gasteiger partial charge in [-0.1, -0.05) is 31.4 Å². The fourth-order valence-corrected chi connectivity index (χ4v) is 3.48. The van der Waals surface area contributed by atoms with Crippen LogP contribution < -0.4 is 10.1 Å². The van der Waals surface area contributed by atoms with Gasteiger partial charge in [-0.2, -0.15) is 0 Å². The van der Waals surface area contributed by atoms with E-state index in [9.17, 15) is 4.79 Å². The van der Waals surface area contributed by atoms with Crippen LogP contribution in [0.25, 0.3) is 0 Å². The highest BCUT2D eigenvalue weighted by Crippen LogP contribution is 2.34. The molecule has 0 amide bonds. The number of ether oxygens (including phenoxy) is 2. The van der Waals surface area contributed by atoms with Crippen molar-refractivity contribution >= 4 is 11.7 Å². The standard InChI is InChI=1S/C18H23NO3/c1-21-15-10-6-5-9-14(15)19-18(13-7-3-2-4-8-13)16-11-12-17(20)22-16/h5-6,9-13,16,18-19H,2-4,7-8H2,1H3/t16-,18+/m1/s1. The molecule has 0 unspecified atom stereocenters. The summed E-state index contributed by atoms with van der Waals surface area (Å²) in [6.07, 6.45) is 9.37. The van der Waals surface area contributed by atoms with E-state index in [4.69, 9.17) is 9.47 Å². The maximum Gasteiger partial charge on any atom is 0.331 e. The van der Waals surface area contributed by atoms with Crippen molar-refractivity contribution in [2.75, 3.05) is 12.4 Å². The van der Waals surface area contributed by atoms with Gasteiger partial charge in [0.05, 0.1) is 18.8 Å². The molecule has 1 heterocycles. The van der Waals surface area contributed by atoms with Crippen molar-refractivity contribution in [2.45, 2.75) is 44.2 Å². The predicted molar refractivity (Wildman–Crippen MR) is 86.0 cm³/mol. The summed E-state index contributed by atoms with van der Waals surface area (Å²) >= 11 is 0. The number of carbonyl (C=O) groups is 1. The van der Waals surface area contributed by atoms with Crippen LogP contribution in [0.3, 0.4) is 0 Å². The van der Waals surface area contributed by atoms with Crippen molar-refractivity contribution < 1.29 is 14.3 Å². The molecule has 0 saturated heterocycles. The molecular weight excluding hydrogens is 278 g/mol. The molecular formula is C18H23NO3. The molecule has 2 atom stereocenters. The second kappa shape index (κ2) is 6.86. The number of hydrogen-bond donors (Lipinski definition) is 1. The van der Waals surface area contributed by atoms with E-state index in [0.29, 0.717) is 5.92 Å². The number of methoxy groups -OCH3 is 1. The second-order valence-corrected chi connectivity index (χ2v) is 6.03. The third kappa shape index (κ3) is 3.26. The molecule has 0 aromatic heterocycles. The summed E-state index contributed by atoms with van der Waals surface area (Å²) in [5.41, 5.74) is 0.955. The van der Waals surface area contributed by atoms with Crippen LogP contribution in [-0.2, 0) is 9.53 Å². The van der Waals surface area contributed by atoms with E-state index in [-0.39, 0.29) is 18.1 Å². The highest BCUT2D eigenvalue weighted by atomic mass is 16.5. The Morgan fingerprint density at radius 2 is 2.00 bits per heavy atom. The monoisotopic (exact) mass is 301 g/mol. The number of cyclic esters (lactones) is 1. The van der Waals surface area contributed by atoms with Crippen molar-refractivity contribution in [3.05, 3.63) is 36.4 Å². The average molecular weight is 301 g/mol. The van der Waals surface area contributed by atoms with Crippen molar-refractivity contribution in [3.8, 4) is 5.75 Å². The highest BCUT2D eigenvalue weighted by molar-refractivity contribution is 5.84. The summed E-state index contributed by atoms with van der Waals surface area (Å²) in [7, 11) is 1.67. The molecule has 1 fully saturated rings. The predicted octanol–water partition coefficient (Wildman–Crippen LogP) is 3.54. The fraction of sp³-hybridized carbons (Fsp3) is 0.500. The van der Waals surface area contributed by atoms with Crippen LogP contribution in [0.5, 0.6) is 5.75 Å². The van der Waals surface area contributed by atoms with E-state index < -0.39 is 0 Å². The number of carbonyl (C=O) groups excluding carboxylic acids is 1. The largest absolute Gasteiger partial charge is 0.495 e. The summed E-state index contributed by atoms with van der Waals surface area (Å²) in [4.78, 5) is 11.5. The minimum Gasteiger partial charge on any atom is -0.495 e. The molecule has 1 saturated carbocycles. The molecule has 2 aliphatic rings. The second-order valence-electron chi connectivity index (χ2n) is 6.03. The first-order valence-corrected chi connectivity index (χ1v) is 8.06. The van der Waals surface area contributed by atoms with Gasteiger partial charge < -0.3 is 14.8 Å². The molecule has 1 aliphatic carbocycles. The zero-order chi connectivity index (χ0) is 15.4. The third-order valence-electron chi connectivity index (χ3n) is 4.62. The van der Waals surface area contributed by atoms with Crippen molar-refractivity contribution in [1.29, 1.82) is 0 Å². The number of nitrogens with one attached hydrogen (secondary N) is 1. The van der Waals surface area contributed by atoms with Gasteiger partial charge in [0.25, 0.3) is 0 Å². The smallest absolute Gasteiger partial charge is 0.331 e. The Kier molecular flexibility index (Phi) is 4.66. The Labute approximate surface area is 131 Å². The lowest BCUT2D eigenvalue weighted by Gasteiger charge is -2.34. The van der Waals surface area contributed by atoms with Gasteiger partial charge in [-0.3, -0.25) is 0 Å². The van der Waals surface area contributed by atoms with Gasteiger partial charge in [0.1, 0.15) is 11.9 Å². The fourth-order valence-electron chi connectivity index (χ4n) is 3.48. The van der Waals surface area contributed by atoms with Crippen LogP contribution in [-0.4, -0.2) is 25.2 Å². The molecule has 1 aromatic rings. The molecule has 1 aliphatic heterocycles. The Hall–Kier alpha value is -1.97. The molecule has 0 bridgehead atoms. The van der Waals surface area contributed by atoms with Gasteiger partial charge in [0.15, 0.2) is 0 Å². The maximum atomic E-state index is 11.5. The van der Waals surface area contributed by atoms with Crippen molar-refractivity contribution in [2.24, 2.45) is 5.92 Å². The minimum absolute atomic E-state index is 0.0966. The normalized spacial score (nSPS) is 23.1. The molecule has 1 aromatic carbocycles. The van der Waals surface area contributed by atoms with Crippen LogP contribution in [0.4, 0.5) is 5.69 Å². The van der Waals surface area contributed by atoms with Crippen LogP contribution in [0.2, 0.25) is 0 Å². The van der Waals surface area contributed by atoms with E-state index >= 15 is 0 Å². The van der Waals surface area contributed by atoms with Crippen LogP contribution in [0.15, 0.2) is 36.4 Å². The van der Waals surface area contributed by atoms with E-state index in [1.807, 2.05) is 30.3 Å². The van der Waals surface area contributed by atoms with Crippen LogP contribution >= 0.6 is 0 Å². The summed E-state index contributed by atoms with van der Waals surface area (Å²) in [6, 6.07) is 7.99. The Balaban J connectivity index is 1.81. The molecule has 4 heteroatoms. The summed E-state index contributed by atoms with van der Waals surface area (Å²) in [5.74, 6) is 1.09. The zero-order valence-electron chi connectivity index (χ0n) is 13.0. The zero-order valence-corrected chi connectivity index (χ0v) is 13.0.